The van der Waals surface area contributed by atoms with Gasteiger partial charge in [-0.2, -0.15) is 0 Å². The van der Waals surface area contributed by atoms with Gasteiger partial charge < -0.3 is 24.4 Å². The Morgan fingerprint density at radius 2 is 1.96 bits per heavy atom. The second-order valence-electron chi connectivity index (χ2n) is 5.88. The Bertz CT molecular complexity index is 842. The van der Waals surface area contributed by atoms with Gasteiger partial charge in [0.15, 0.2) is 0 Å². The second kappa shape index (κ2) is 7.49. The minimum absolute atomic E-state index is 0.00673. The van der Waals surface area contributed by atoms with Crippen LogP contribution in [0.2, 0.25) is 0 Å². The molecule has 1 aliphatic heterocycles. The lowest BCUT2D eigenvalue weighted by atomic mass is 9.90. The lowest BCUT2D eigenvalue weighted by Gasteiger charge is -2.21. The number of hydrogen-bond donors (Lipinski definition) is 2. The Labute approximate surface area is 151 Å². The van der Waals surface area contributed by atoms with Crippen molar-refractivity contribution in [2.24, 2.45) is 0 Å². The van der Waals surface area contributed by atoms with E-state index in [1.54, 1.807) is 31.4 Å². The summed E-state index contributed by atoms with van der Waals surface area (Å²) < 4.78 is 16.7. The van der Waals surface area contributed by atoms with Crippen LogP contribution in [-0.4, -0.2) is 37.3 Å². The fourth-order valence-corrected chi connectivity index (χ4v) is 3.18. The van der Waals surface area contributed by atoms with Crippen LogP contribution in [0.3, 0.4) is 0 Å². The van der Waals surface area contributed by atoms with Crippen molar-refractivity contribution < 1.29 is 29.2 Å². The number of carbonyl (C=O) groups excluding carboxylic acids is 1. The van der Waals surface area contributed by atoms with Gasteiger partial charge in [-0.05, 0) is 42.5 Å². The molecule has 6 heteroatoms. The highest BCUT2D eigenvalue weighted by molar-refractivity contribution is 5.76. The van der Waals surface area contributed by atoms with Crippen LogP contribution in [0, 0.1) is 0 Å². The monoisotopic (exact) mass is 356 g/mol. The molecule has 0 aromatic heterocycles. The highest BCUT2D eigenvalue weighted by Crippen LogP contribution is 2.49. The molecule has 26 heavy (non-hydrogen) atoms. The highest BCUT2D eigenvalue weighted by Gasteiger charge is 2.37. The third-order valence-electron chi connectivity index (χ3n) is 4.47. The Morgan fingerprint density at radius 3 is 2.62 bits per heavy atom. The number of rotatable bonds is 6. The van der Waals surface area contributed by atoms with Crippen molar-refractivity contribution in [1.82, 2.24) is 0 Å². The quantitative estimate of drug-likeness (QED) is 0.612. The van der Waals surface area contributed by atoms with Crippen molar-refractivity contribution in [2.75, 3.05) is 20.8 Å². The molecule has 136 valence electrons. The normalized spacial score (nSPS) is 18.4. The molecule has 0 aliphatic carbocycles. The third-order valence-corrected chi connectivity index (χ3v) is 4.47. The van der Waals surface area contributed by atoms with E-state index in [0.29, 0.717) is 34.7 Å². The second-order valence-corrected chi connectivity index (χ2v) is 5.88. The summed E-state index contributed by atoms with van der Waals surface area (Å²) >= 11 is 0. The number of fused-ring (bicyclic) bond motifs is 1. The molecular formula is C20H20O6. The standard InChI is InChI=1S/C20H20O6/c1-24-13-5-6-18-14(9-13)16(11-22)20(26-18)15-10-17(23)12(4-3-7-21)8-19(15)25-2/h3-10,16,20,22-23H,11H2,1-2H3/b4-3+. The molecule has 6 nitrogen and oxygen atoms in total. The first-order chi connectivity index (χ1) is 12.6. The predicted molar refractivity (Wildman–Crippen MR) is 95.9 cm³/mol. The van der Waals surface area contributed by atoms with Crippen molar-refractivity contribution in [1.29, 1.82) is 0 Å². The third kappa shape index (κ3) is 3.11. The fourth-order valence-electron chi connectivity index (χ4n) is 3.18. The lowest BCUT2D eigenvalue weighted by Crippen LogP contribution is -2.14. The number of hydrogen-bond acceptors (Lipinski definition) is 6. The zero-order chi connectivity index (χ0) is 18.7. The van der Waals surface area contributed by atoms with Crippen LogP contribution in [0.15, 0.2) is 36.4 Å². The molecule has 3 rings (SSSR count). The molecule has 2 N–H and O–H groups in total. The molecule has 0 fully saturated rings. The molecule has 0 saturated heterocycles. The van der Waals surface area contributed by atoms with Crippen molar-refractivity contribution in [2.45, 2.75) is 12.0 Å². The Morgan fingerprint density at radius 1 is 1.15 bits per heavy atom. The molecule has 2 aromatic rings. The minimum atomic E-state index is -0.521. The van der Waals surface area contributed by atoms with E-state index < -0.39 is 6.10 Å². The van der Waals surface area contributed by atoms with Gasteiger partial charge in [0.1, 0.15) is 35.4 Å². The van der Waals surface area contributed by atoms with Crippen molar-refractivity contribution in [3.8, 4) is 23.0 Å². The number of phenolic OH excluding ortho intramolecular Hbond substituents is 1. The van der Waals surface area contributed by atoms with E-state index >= 15 is 0 Å². The van der Waals surface area contributed by atoms with E-state index in [9.17, 15) is 15.0 Å². The first kappa shape index (κ1) is 17.8. The maximum Gasteiger partial charge on any atom is 0.142 e. The van der Waals surface area contributed by atoms with E-state index in [2.05, 4.69) is 0 Å². The van der Waals surface area contributed by atoms with Gasteiger partial charge in [-0.15, -0.1) is 0 Å². The number of phenols is 1. The van der Waals surface area contributed by atoms with Crippen molar-refractivity contribution >= 4 is 12.4 Å². The summed E-state index contributed by atoms with van der Waals surface area (Å²) in [5.74, 6) is 1.49. The summed E-state index contributed by atoms with van der Waals surface area (Å²) in [6, 6.07) is 8.59. The summed E-state index contributed by atoms with van der Waals surface area (Å²) in [5, 5.41) is 20.2. The topological polar surface area (TPSA) is 85.2 Å². The lowest BCUT2D eigenvalue weighted by molar-refractivity contribution is -0.104. The zero-order valence-corrected chi connectivity index (χ0v) is 14.5. The van der Waals surface area contributed by atoms with Gasteiger partial charge in [-0.3, -0.25) is 4.79 Å². The molecule has 0 bridgehead atoms. The number of benzene rings is 2. The largest absolute Gasteiger partial charge is 0.507 e. The predicted octanol–water partition coefficient (Wildman–Crippen LogP) is 2.83. The molecule has 0 saturated carbocycles. The van der Waals surface area contributed by atoms with Crippen LogP contribution in [-0.2, 0) is 4.79 Å². The van der Waals surface area contributed by atoms with E-state index in [1.807, 2.05) is 6.07 Å². The Balaban J connectivity index is 2.04. The van der Waals surface area contributed by atoms with E-state index in [0.717, 1.165) is 5.56 Å². The van der Waals surface area contributed by atoms with Gasteiger partial charge >= 0.3 is 0 Å². The summed E-state index contributed by atoms with van der Waals surface area (Å²) in [5.41, 5.74) is 1.90. The maximum absolute atomic E-state index is 10.5. The average Bonchev–Trinajstić information content (AvgIpc) is 3.04. The molecule has 1 aliphatic rings. The zero-order valence-electron chi connectivity index (χ0n) is 14.5. The number of aliphatic hydroxyl groups excluding tert-OH is 1. The summed E-state index contributed by atoms with van der Waals surface area (Å²) in [6.07, 6.45) is 2.89. The summed E-state index contributed by atoms with van der Waals surface area (Å²) in [7, 11) is 3.10. The van der Waals surface area contributed by atoms with Gasteiger partial charge in [0.05, 0.1) is 26.7 Å². The van der Waals surface area contributed by atoms with Gasteiger partial charge in [0.2, 0.25) is 0 Å². The SMILES string of the molecule is COc1ccc2c(c1)C(CO)C(c1cc(O)c(/C=C/C=O)cc1OC)O2. The van der Waals surface area contributed by atoms with Gasteiger partial charge in [-0.25, -0.2) is 0 Å². The van der Waals surface area contributed by atoms with Crippen molar-refractivity contribution in [3.05, 3.63) is 53.1 Å². The molecular weight excluding hydrogens is 336 g/mol. The Kier molecular flexibility index (Phi) is 5.14. The maximum atomic E-state index is 10.5. The van der Waals surface area contributed by atoms with Crippen LogP contribution in [0.5, 0.6) is 23.0 Å². The van der Waals surface area contributed by atoms with E-state index in [4.69, 9.17) is 14.2 Å². The first-order valence-electron chi connectivity index (χ1n) is 8.11. The van der Waals surface area contributed by atoms with Crippen LogP contribution in [0.25, 0.3) is 6.08 Å². The fraction of sp³-hybridized carbons (Fsp3) is 0.250. The molecule has 0 radical (unpaired) electrons. The Hall–Kier alpha value is -2.99. The summed E-state index contributed by atoms with van der Waals surface area (Å²) in [4.78, 5) is 10.5. The van der Waals surface area contributed by atoms with Crippen LogP contribution >= 0.6 is 0 Å². The van der Waals surface area contributed by atoms with Crippen LogP contribution in [0.4, 0.5) is 0 Å². The molecule has 2 aromatic carbocycles. The molecule has 0 amide bonds. The number of aldehydes is 1. The summed E-state index contributed by atoms with van der Waals surface area (Å²) in [6.45, 7) is -0.137. The smallest absolute Gasteiger partial charge is 0.142 e. The van der Waals surface area contributed by atoms with Crippen LogP contribution in [0.1, 0.15) is 28.7 Å². The average molecular weight is 356 g/mol. The number of carbonyl (C=O) groups is 1. The minimum Gasteiger partial charge on any atom is -0.507 e. The molecule has 2 unspecified atom stereocenters. The van der Waals surface area contributed by atoms with Crippen molar-refractivity contribution in [3.63, 3.8) is 0 Å². The van der Waals surface area contributed by atoms with Crippen LogP contribution < -0.4 is 14.2 Å². The number of aromatic hydroxyl groups is 1. The number of ether oxygens (including phenoxy) is 3. The van der Waals surface area contributed by atoms with Gasteiger partial charge in [0.25, 0.3) is 0 Å². The van der Waals surface area contributed by atoms with Gasteiger partial charge in [-0.1, -0.05) is 0 Å². The van der Waals surface area contributed by atoms with E-state index in [-0.39, 0.29) is 18.3 Å². The molecule has 0 spiro atoms. The number of allylic oxidation sites excluding steroid dienone is 1. The molecule has 2 atom stereocenters. The first-order valence-corrected chi connectivity index (χ1v) is 8.11. The molecule has 1 heterocycles. The highest BCUT2D eigenvalue weighted by atomic mass is 16.5. The number of aliphatic hydroxyl groups is 1. The number of methoxy groups -OCH3 is 2. The van der Waals surface area contributed by atoms with E-state index in [1.165, 1.54) is 19.3 Å². The van der Waals surface area contributed by atoms with Gasteiger partial charge in [0, 0.05) is 16.7 Å².